The second-order valence-corrected chi connectivity index (χ2v) is 10.3. The molecule has 0 aliphatic rings. The van der Waals surface area contributed by atoms with Crippen molar-refractivity contribution in [3.8, 4) is 0 Å². The van der Waals surface area contributed by atoms with E-state index in [9.17, 15) is 19.5 Å². The second kappa shape index (κ2) is 12.5. The minimum absolute atomic E-state index is 0.126. The Labute approximate surface area is 232 Å². The van der Waals surface area contributed by atoms with Gasteiger partial charge in [-0.15, -0.1) is 0 Å². The third-order valence-electron chi connectivity index (χ3n) is 5.38. The lowest BCUT2D eigenvalue weighted by Crippen LogP contribution is -2.31. The molecule has 0 aliphatic heterocycles. The molecule has 10 nitrogen and oxygen atoms in total. The first-order valence-corrected chi connectivity index (χ1v) is 12.5. The zero-order chi connectivity index (χ0) is 28.7. The zero-order valence-corrected chi connectivity index (χ0v) is 23.2. The average molecular weight is 554 g/mol. The van der Waals surface area contributed by atoms with Gasteiger partial charge in [0.25, 0.3) is 5.91 Å². The van der Waals surface area contributed by atoms with Crippen molar-refractivity contribution in [2.45, 2.75) is 32.8 Å². The molecular formula is C28H32ClN5O5. The Hall–Kier alpha value is -4.31. The molecule has 3 aromatic rings. The molecule has 0 saturated heterocycles. The Bertz CT molecular complexity index is 1340. The molecule has 1 aromatic heterocycles. The van der Waals surface area contributed by atoms with Gasteiger partial charge in [0.15, 0.2) is 0 Å². The SMILES string of the molecule is CN(C)c1cc(Cl)ccc1C(=O)Nc1ccc(N(CCc2cccc(NC(=O)OC(C)(C)C)n2)C(=O)O)cc1. The van der Waals surface area contributed by atoms with Crippen LogP contribution in [0.4, 0.5) is 32.5 Å². The van der Waals surface area contributed by atoms with Crippen molar-refractivity contribution in [1.82, 2.24) is 4.98 Å². The van der Waals surface area contributed by atoms with Crippen molar-refractivity contribution in [3.05, 3.63) is 76.9 Å². The van der Waals surface area contributed by atoms with Gasteiger partial charge in [0.2, 0.25) is 0 Å². The van der Waals surface area contributed by atoms with E-state index in [4.69, 9.17) is 16.3 Å². The van der Waals surface area contributed by atoms with Crippen molar-refractivity contribution in [3.63, 3.8) is 0 Å². The van der Waals surface area contributed by atoms with Crippen LogP contribution in [0.25, 0.3) is 0 Å². The number of amides is 3. The van der Waals surface area contributed by atoms with E-state index in [-0.39, 0.29) is 12.5 Å². The predicted octanol–water partition coefficient (Wildman–Crippen LogP) is 6.13. The third-order valence-corrected chi connectivity index (χ3v) is 5.62. The molecule has 0 fully saturated rings. The van der Waals surface area contributed by atoms with E-state index in [2.05, 4.69) is 15.6 Å². The number of hydrogen-bond donors (Lipinski definition) is 3. The molecule has 39 heavy (non-hydrogen) atoms. The van der Waals surface area contributed by atoms with Crippen LogP contribution in [0, 0.1) is 0 Å². The molecule has 0 bridgehead atoms. The first-order chi connectivity index (χ1) is 18.3. The zero-order valence-electron chi connectivity index (χ0n) is 22.5. The number of carbonyl (C=O) groups is 3. The van der Waals surface area contributed by atoms with E-state index in [1.807, 2.05) is 14.1 Å². The minimum atomic E-state index is -1.13. The summed E-state index contributed by atoms with van der Waals surface area (Å²) in [4.78, 5) is 44.2. The van der Waals surface area contributed by atoms with Gasteiger partial charge in [-0.25, -0.2) is 14.6 Å². The standard InChI is InChI=1S/C28H32ClN5O5/c1-28(2,3)39-26(36)32-24-8-6-7-19(30-24)15-16-34(27(37)38)21-12-10-20(11-13-21)31-25(35)22-14-9-18(29)17-23(22)33(4)5/h6-14,17H,15-16H2,1-5H3,(H,31,35)(H,37,38)(H,30,32,36). The number of carbonyl (C=O) groups excluding carboxylic acids is 2. The number of pyridine rings is 1. The number of aromatic nitrogens is 1. The fourth-order valence-electron chi connectivity index (χ4n) is 3.65. The van der Waals surface area contributed by atoms with E-state index in [0.29, 0.717) is 45.6 Å². The van der Waals surface area contributed by atoms with E-state index >= 15 is 0 Å². The smallest absolute Gasteiger partial charge is 0.413 e. The Morgan fingerprint density at radius 3 is 2.31 bits per heavy atom. The fourth-order valence-corrected chi connectivity index (χ4v) is 3.81. The Kier molecular flexibility index (Phi) is 9.37. The molecule has 0 atom stereocenters. The third kappa shape index (κ3) is 8.61. The number of benzene rings is 2. The summed E-state index contributed by atoms with van der Waals surface area (Å²) >= 11 is 6.08. The van der Waals surface area contributed by atoms with Crippen LogP contribution in [0.2, 0.25) is 5.02 Å². The molecule has 3 amide bonds. The number of rotatable bonds is 8. The summed E-state index contributed by atoms with van der Waals surface area (Å²) < 4.78 is 5.24. The maximum absolute atomic E-state index is 12.9. The lowest BCUT2D eigenvalue weighted by molar-refractivity contribution is 0.0635. The van der Waals surface area contributed by atoms with Crippen LogP contribution in [0.1, 0.15) is 36.8 Å². The molecule has 2 aromatic carbocycles. The summed E-state index contributed by atoms with van der Waals surface area (Å²) in [6.07, 6.45) is -1.45. The number of nitrogens with one attached hydrogen (secondary N) is 2. The lowest BCUT2D eigenvalue weighted by Gasteiger charge is -2.20. The van der Waals surface area contributed by atoms with Gasteiger partial charge in [0.05, 0.1) is 11.3 Å². The highest BCUT2D eigenvalue weighted by Crippen LogP contribution is 2.25. The molecule has 0 saturated carbocycles. The topological polar surface area (TPSA) is 124 Å². The second-order valence-electron chi connectivity index (χ2n) is 9.88. The van der Waals surface area contributed by atoms with E-state index in [1.165, 1.54) is 4.90 Å². The van der Waals surface area contributed by atoms with Gasteiger partial charge >= 0.3 is 12.2 Å². The molecule has 206 valence electrons. The number of anilines is 4. The van der Waals surface area contributed by atoms with Gasteiger partial charge in [-0.2, -0.15) is 0 Å². The van der Waals surface area contributed by atoms with Crippen molar-refractivity contribution < 1.29 is 24.2 Å². The Morgan fingerprint density at radius 2 is 1.69 bits per heavy atom. The normalized spacial score (nSPS) is 10.9. The molecule has 0 spiro atoms. The molecule has 0 aliphatic carbocycles. The van der Waals surface area contributed by atoms with Crippen LogP contribution < -0.4 is 20.4 Å². The maximum atomic E-state index is 12.9. The highest BCUT2D eigenvalue weighted by atomic mass is 35.5. The van der Waals surface area contributed by atoms with Crippen LogP contribution in [0.3, 0.4) is 0 Å². The summed E-state index contributed by atoms with van der Waals surface area (Å²) in [5, 5.41) is 15.7. The first kappa shape index (κ1) is 29.2. The van der Waals surface area contributed by atoms with Crippen LogP contribution in [-0.4, -0.2) is 54.4 Å². The molecule has 3 rings (SSSR count). The highest BCUT2D eigenvalue weighted by molar-refractivity contribution is 6.31. The van der Waals surface area contributed by atoms with Gasteiger partial charge in [-0.3, -0.25) is 15.0 Å². The van der Waals surface area contributed by atoms with Crippen molar-refractivity contribution >= 4 is 52.6 Å². The van der Waals surface area contributed by atoms with Crippen LogP contribution in [0.15, 0.2) is 60.7 Å². The predicted molar refractivity (Wildman–Crippen MR) is 153 cm³/mol. The quantitative estimate of drug-likeness (QED) is 0.306. The van der Waals surface area contributed by atoms with Gasteiger partial charge in [-0.05, 0) is 75.4 Å². The number of hydrogen-bond acceptors (Lipinski definition) is 6. The minimum Gasteiger partial charge on any atom is -0.465 e. The highest BCUT2D eigenvalue weighted by Gasteiger charge is 2.18. The van der Waals surface area contributed by atoms with E-state index in [1.54, 1.807) is 86.3 Å². The molecule has 0 unspecified atom stereocenters. The number of carboxylic acid groups (broad SMARTS) is 1. The molecule has 0 radical (unpaired) electrons. The lowest BCUT2D eigenvalue weighted by atomic mass is 10.1. The van der Waals surface area contributed by atoms with Crippen molar-refractivity contribution in [2.24, 2.45) is 0 Å². The summed E-state index contributed by atoms with van der Waals surface area (Å²) in [5.41, 5.74) is 2.02. The largest absolute Gasteiger partial charge is 0.465 e. The number of ether oxygens (including phenoxy) is 1. The van der Waals surface area contributed by atoms with Crippen LogP contribution in [-0.2, 0) is 11.2 Å². The Morgan fingerprint density at radius 1 is 1.00 bits per heavy atom. The molecular weight excluding hydrogens is 522 g/mol. The fraction of sp³-hybridized carbons (Fsp3) is 0.286. The number of nitrogens with zero attached hydrogens (tertiary/aromatic N) is 3. The van der Waals surface area contributed by atoms with E-state index < -0.39 is 17.8 Å². The molecule has 3 N–H and O–H groups in total. The molecule has 1 heterocycles. The van der Waals surface area contributed by atoms with E-state index in [0.717, 1.165) is 0 Å². The monoisotopic (exact) mass is 553 g/mol. The summed E-state index contributed by atoms with van der Waals surface area (Å²) in [5.74, 6) is -0.00835. The summed E-state index contributed by atoms with van der Waals surface area (Å²) in [6, 6.07) is 16.6. The van der Waals surface area contributed by atoms with Crippen molar-refractivity contribution in [2.75, 3.05) is 41.1 Å². The van der Waals surface area contributed by atoms with Gasteiger partial charge < -0.3 is 20.1 Å². The van der Waals surface area contributed by atoms with Crippen molar-refractivity contribution in [1.29, 1.82) is 0 Å². The van der Waals surface area contributed by atoms with Gasteiger partial charge in [0, 0.05) is 49.2 Å². The average Bonchev–Trinajstić information content (AvgIpc) is 2.83. The maximum Gasteiger partial charge on any atom is 0.413 e. The van der Waals surface area contributed by atoms with Crippen LogP contribution in [0.5, 0.6) is 0 Å². The number of halogens is 1. The Balaban J connectivity index is 1.66. The molecule has 11 heteroatoms. The van der Waals surface area contributed by atoms with Crippen LogP contribution >= 0.6 is 11.6 Å². The van der Waals surface area contributed by atoms with Gasteiger partial charge in [0.1, 0.15) is 11.4 Å². The van der Waals surface area contributed by atoms with Gasteiger partial charge in [-0.1, -0.05) is 17.7 Å². The summed E-state index contributed by atoms with van der Waals surface area (Å²) in [7, 11) is 3.64. The summed E-state index contributed by atoms with van der Waals surface area (Å²) in [6.45, 7) is 5.41. The first-order valence-electron chi connectivity index (χ1n) is 12.2.